The predicted octanol–water partition coefficient (Wildman–Crippen LogP) is 4.78. The summed E-state index contributed by atoms with van der Waals surface area (Å²) in [6.45, 7) is 4.41. The summed E-state index contributed by atoms with van der Waals surface area (Å²) < 4.78 is 2.26. The van der Waals surface area contributed by atoms with Crippen LogP contribution in [-0.2, 0) is 13.5 Å². The number of aryl methyl sites for hydroxylation is 3. The Balaban J connectivity index is 1.94. The second-order valence-electron chi connectivity index (χ2n) is 5.55. The molecule has 0 spiro atoms. The van der Waals surface area contributed by atoms with Crippen molar-refractivity contribution in [1.82, 2.24) is 9.55 Å². The third kappa shape index (κ3) is 3.37. The Labute approximate surface area is 116 Å². The molecule has 2 heteroatoms. The van der Waals surface area contributed by atoms with Gasteiger partial charge in [-0.25, -0.2) is 4.98 Å². The Kier molecular flexibility index (Phi) is 5.00. The van der Waals surface area contributed by atoms with Gasteiger partial charge in [-0.1, -0.05) is 51.2 Å². The number of aromatic nitrogens is 2. The highest BCUT2D eigenvalue weighted by Crippen LogP contribution is 2.19. The maximum atomic E-state index is 4.81. The first-order valence-corrected chi connectivity index (χ1v) is 7.65. The number of benzene rings is 1. The van der Waals surface area contributed by atoms with E-state index in [-0.39, 0.29) is 0 Å². The summed E-state index contributed by atoms with van der Waals surface area (Å²) in [4.78, 5) is 4.81. The Morgan fingerprint density at radius 2 is 1.79 bits per heavy atom. The molecule has 0 aliphatic rings. The fourth-order valence-corrected chi connectivity index (χ4v) is 2.69. The zero-order chi connectivity index (χ0) is 13.7. The highest BCUT2D eigenvalue weighted by atomic mass is 15.1. The van der Waals surface area contributed by atoms with Gasteiger partial charge in [-0.2, -0.15) is 0 Å². The molecular weight excluding hydrogens is 232 g/mol. The predicted molar refractivity (Wildman–Crippen MR) is 82.5 cm³/mol. The molecule has 2 aromatic rings. The molecule has 2 rings (SSSR count). The number of unbranched alkanes of at least 4 members (excludes halogenated alkanes) is 5. The van der Waals surface area contributed by atoms with Gasteiger partial charge >= 0.3 is 0 Å². The average Bonchev–Trinajstić information content (AvgIpc) is 2.73. The molecule has 0 saturated carbocycles. The van der Waals surface area contributed by atoms with Gasteiger partial charge in [0.2, 0.25) is 0 Å². The van der Waals surface area contributed by atoms with Crippen LogP contribution in [0.5, 0.6) is 0 Å². The SMILES string of the molecule is CCCCCCCCc1nc2c(C)cccc2n1C. The summed E-state index contributed by atoms with van der Waals surface area (Å²) in [5.41, 5.74) is 3.72. The summed E-state index contributed by atoms with van der Waals surface area (Å²) in [6, 6.07) is 6.43. The van der Waals surface area contributed by atoms with Crippen LogP contribution in [0.3, 0.4) is 0 Å². The third-order valence-corrected chi connectivity index (χ3v) is 3.96. The lowest BCUT2D eigenvalue weighted by molar-refractivity contribution is 0.596. The lowest BCUT2D eigenvalue weighted by Gasteiger charge is -2.02. The largest absolute Gasteiger partial charge is 0.331 e. The summed E-state index contributed by atoms with van der Waals surface area (Å²) in [5.74, 6) is 1.24. The van der Waals surface area contributed by atoms with E-state index >= 15 is 0 Å². The first-order valence-electron chi connectivity index (χ1n) is 7.65. The Bertz CT molecular complexity index is 525. The van der Waals surface area contributed by atoms with Crippen LogP contribution < -0.4 is 0 Å². The van der Waals surface area contributed by atoms with Crippen molar-refractivity contribution in [3.63, 3.8) is 0 Å². The molecule has 0 aliphatic carbocycles. The van der Waals surface area contributed by atoms with Gasteiger partial charge < -0.3 is 4.57 Å². The van der Waals surface area contributed by atoms with Gasteiger partial charge in [0.1, 0.15) is 5.82 Å². The molecule has 0 unspecified atom stereocenters. The van der Waals surface area contributed by atoms with E-state index in [1.165, 1.54) is 60.9 Å². The number of imidazole rings is 1. The fourth-order valence-electron chi connectivity index (χ4n) is 2.69. The molecular formula is C17H26N2. The van der Waals surface area contributed by atoms with Crippen molar-refractivity contribution >= 4 is 11.0 Å². The van der Waals surface area contributed by atoms with Crippen molar-refractivity contribution in [3.05, 3.63) is 29.6 Å². The summed E-state index contributed by atoms with van der Waals surface area (Å²) in [7, 11) is 2.14. The lowest BCUT2D eigenvalue weighted by atomic mass is 10.1. The second-order valence-corrected chi connectivity index (χ2v) is 5.55. The first kappa shape index (κ1) is 14.1. The highest BCUT2D eigenvalue weighted by molar-refractivity contribution is 5.79. The zero-order valence-corrected chi connectivity index (χ0v) is 12.6. The molecule has 1 aromatic carbocycles. The van der Waals surface area contributed by atoms with E-state index in [1.807, 2.05) is 0 Å². The molecule has 1 aromatic heterocycles. The number of hydrogen-bond acceptors (Lipinski definition) is 1. The van der Waals surface area contributed by atoms with Crippen LogP contribution in [0.2, 0.25) is 0 Å². The zero-order valence-electron chi connectivity index (χ0n) is 12.6. The minimum absolute atomic E-state index is 1.11. The van der Waals surface area contributed by atoms with Crippen LogP contribution in [0.4, 0.5) is 0 Å². The minimum Gasteiger partial charge on any atom is -0.331 e. The Morgan fingerprint density at radius 1 is 1.05 bits per heavy atom. The second kappa shape index (κ2) is 6.74. The molecule has 0 saturated heterocycles. The van der Waals surface area contributed by atoms with Gasteiger partial charge in [0.15, 0.2) is 0 Å². The number of nitrogens with zero attached hydrogens (tertiary/aromatic N) is 2. The standard InChI is InChI=1S/C17H26N2/c1-4-5-6-7-8-9-13-16-18-17-14(2)11-10-12-15(17)19(16)3/h10-12H,4-9,13H2,1-3H3. The molecule has 0 bridgehead atoms. The molecule has 0 N–H and O–H groups in total. The maximum absolute atomic E-state index is 4.81. The Hall–Kier alpha value is -1.31. The minimum atomic E-state index is 1.11. The van der Waals surface area contributed by atoms with Crippen molar-refractivity contribution in [2.75, 3.05) is 0 Å². The number of fused-ring (bicyclic) bond motifs is 1. The highest BCUT2D eigenvalue weighted by Gasteiger charge is 2.08. The molecule has 0 amide bonds. The monoisotopic (exact) mass is 258 g/mol. The van der Waals surface area contributed by atoms with Gasteiger partial charge in [-0.05, 0) is 25.0 Å². The molecule has 2 nitrogen and oxygen atoms in total. The van der Waals surface area contributed by atoms with E-state index in [2.05, 4.69) is 43.7 Å². The molecule has 0 aliphatic heterocycles. The molecule has 0 fully saturated rings. The van der Waals surface area contributed by atoms with E-state index < -0.39 is 0 Å². The fraction of sp³-hybridized carbons (Fsp3) is 0.588. The normalized spacial score (nSPS) is 11.3. The molecule has 19 heavy (non-hydrogen) atoms. The van der Waals surface area contributed by atoms with Crippen LogP contribution in [0, 0.1) is 6.92 Å². The van der Waals surface area contributed by atoms with Crippen molar-refractivity contribution in [1.29, 1.82) is 0 Å². The molecule has 0 atom stereocenters. The van der Waals surface area contributed by atoms with E-state index in [0.717, 1.165) is 6.42 Å². The number of hydrogen-bond donors (Lipinski definition) is 0. The number of para-hydroxylation sites is 1. The third-order valence-electron chi connectivity index (χ3n) is 3.96. The first-order chi connectivity index (χ1) is 9.24. The summed E-state index contributed by atoms with van der Waals surface area (Å²) >= 11 is 0. The quantitative estimate of drug-likeness (QED) is 0.653. The van der Waals surface area contributed by atoms with Crippen LogP contribution in [0.1, 0.15) is 56.8 Å². The van der Waals surface area contributed by atoms with Crippen LogP contribution in [0.15, 0.2) is 18.2 Å². The van der Waals surface area contributed by atoms with Crippen molar-refractivity contribution in [2.45, 2.75) is 58.8 Å². The van der Waals surface area contributed by atoms with E-state index in [0.29, 0.717) is 0 Å². The number of rotatable bonds is 7. The average molecular weight is 258 g/mol. The smallest absolute Gasteiger partial charge is 0.109 e. The van der Waals surface area contributed by atoms with Gasteiger partial charge in [0.25, 0.3) is 0 Å². The van der Waals surface area contributed by atoms with Crippen molar-refractivity contribution in [3.8, 4) is 0 Å². The maximum Gasteiger partial charge on any atom is 0.109 e. The van der Waals surface area contributed by atoms with Crippen molar-refractivity contribution in [2.24, 2.45) is 7.05 Å². The van der Waals surface area contributed by atoms with Crippen LogP contribution >= 0.6 is 0 Å². The topological polar surface area (TPSA) is 17.8 Å². The Morgan fingerprint density at radius 3 is 2.53 bits per heavy atom. The van der Waals surface area contributed by atoms with Gasteiger partial charge in [-0.15, -0.1) is 0 Å². The molecule has 104 valence electrons. The molecule has 0 radical (unpaired) electrons. The van der Waals surface area contributed by atoms with Crippen LogP contribution in [-0.4, -0.2) is 9.55 Å². The van der Waals surface area contributed by atoms with E-state index in [9.17, 15) is 0 Å². The summed E-state index contributed by atoms with van der Waals surface area (Å²) in [6.07, 6.45) is 9.17. The van der Waals surface area contributed by atoms with Crippen molar-refractivity contribution < 1.29 is 0 Å². The summed E-state index contributed by atoms with van der Waals surface area (Å²) in [5, 5.41) is 0. The lowest BCUT2D eigenvalue weighted by Crippen LogP contribution is -1.97. The van der Waals surface area contributed by atoms with E-state index in [1.54, 1.807) is 0 Å². The molecule has 1 heterocycles. The van der Waals surface area contributed by atoms with Gasteiger partial charge in [-0.3, -0.25) is 0 Å². The van der Waals surface area contributed by atoms with E-state index in [4.69, 9.17) is 4.98 Å². The van der Waals surface area contributed by atoms with Gasteiger partial charge in [0, 0.05) is 13.5 Å². The van der Waals surface area contributed by atoms with Gasteiger partial charge in [0.05, 0.1) is 11.0 Å². The van der Waals surface area contributed by atoms with Crippen LogP contribution in [0.25, 0.3) is 11.0 Å².